The van der Waals surface area contributed by atoms with E-state index in [1.54, 1.807) is 26.4 Å². The minimum atomic E-state index is -3.80. The molecule has 0 unspecified atom stereocenters. The molecule has 0 saturated heterocycles. The Morgan fingerprint density at radius 2 is 1.18 bits per heavy atom. The minimum Gasteiger partial charge on any atom is -0.497 e. The summed E-state index contributed by atoms with van der Waals surface area (Å²) in [6.45, 7) is 8.10. The van der Waals surface area contributed by atoms with Crippen LogP contribution in [0.4, 0.5) is 0 Å². The smallest absolute Gasteiger partial charge is 0.243 e. The van der Waals surface area contributed by atoms with Crippen LogP contribution in [0.1, 0.15) is 36.1 Å². The summed E-state index contributed by atoms with van der Waals surface area (Å²) >= 11 is 0. The molecule has 182 valence electrons. The summed E-state index contributed by atoms with van der Waals surface area (Å²) in [4.78, 5) is 0.251. The second-order valence-corrected chi connectivity index (χ2v) is 10.5. The zero-order valence-electron chi connectivity index (χ0n) is 20.7. The minimum absolute atomic E-state index is 0.00139. The van der Waals surface area contributed by atoms with Crippen molar-refractivity contribution in [2.75, 3.05) is 14.2 Å². The van der Waals surface area contributed by atoms with Crippen molar-refractivity contribution in [3.63, 3.8) is 0 Å². The van der Waals surface area contributed by atoms with E-state index in [-0.39, 0.29) is 24.1 Å². The van der Waals surface area contributed by atoms with E-state index in [9.17, 15) is 8.42 Å². The number of methoxy groups -OCH3 is 2. The van der Waals surface area contributed by atoms with Gasteiger partial charge in [0.15, 0.2) is 0 Å². The third-order valence-electron chi connectivity index (χ3n) is 5.46. The highest BCUT2D eigenvalue weighted by Gasteiger charge is 2.27. The maximum Gasteiger partial charge on any atom is 0.243 e. The van der Waals surface area contributed by atoms with E-state index in [2.05, 4.69) is 0 Å². The summed E-state index contributed by atoms with van der Waals surface area (Å²) in [6, 6.07) is 18.2. The summed E-state index contributed by atoms with van der Waals surface area (Å²) in [7, 11) is -0.596. The Hall–Kier alpha value is -3.03. The summed E-state index contributed by atoms with van der Waals surface area (Å²) in [5, 5.41) is 0. The van der Waals surface area contributed by atoms with Crippen molar-refractivity contribution >= 4 is 10.0 Å². The third kappa shape index (κ3) is 6.10. The second kappa shape index (κ2) is 10.9. The first-order chi connectivity index (χ1) is 16.1. The summed E-state index contributed by atoms with van der Waals surface area (Å²) in [5.41, 5.74) is 3.32. The SMILES string of the molecule is COc1ccc(CN(Cc2ccc(OC)cc2)S(=O)(=O)c2cc(C)c(OC(C)C)c(C)c2)cc1. The summed E-state index contributed by atoms with van der Waals surface area (Å²) in [6.07, 6.45) is 0.00139. The molecule has 0 aliphatic rings. The van der Waals surface area contributed by atoms with Crippen molar-refractivity contribution in [1.82, 2.24) is 4.31 Å². The fraction of sp³-hybridized carbons (Fsp3) is 0.333. The van der Waals surface area contributed by atoms with E-state index in [0.29, 0.717) is 0 Å². The van der Waals surface area contributed by atoms with E-state index in [0.717, 1.165) is 39.5 Å². The van der Waals surface area contributed by atoms with E-state index in [4.69, 9.17) is 14.2 Å². The average Bonchev–Trinajstić information content (AvgIpc) is 2.81. The molecule has 3 aromatic rings. The van der Waals surface area contributed by atoms with Gasteiger partial charge in [-0.25, -0.2) is 8.42 Å². The largest absolute Gasteiger partial charge is 0.497 e. The summed E-state index contributed by atoms with van der Waals surface area (Å²) in [5.74, 6) is 2.17. The highest BCUT2D eigenvalue weighted by Crippen LogP contribution is 2.30. The molecule has 0 aliphatic heterocycles. The van der Waals surface area contributed by atoms with Gasteiger partial charge in [-0.3, -0.25) is 0 Å². The molecule has 6 nitrogen and oxygen atoms in total. The van der Waals surface area contributed by atoms with E-state index in [1.165, 1.54) is 4.31 Å². The van der Waals surface area contributed by atoms with Crippen LogP contribution in [-0.2, 0) is 23.1 Å². The van der Waals surface area contributed by atoms with Crippen LogP contribution < -0.4 is 14.2 Å². The van der Waals surface area contributed by atoms with E-state index >= 15 is 0 Å². The Kier molecular flexibility index (Phi) is 8.23. The first-order valence-corrected chi connectivity index (χ1v) is 12.6. The number of hydrogen-bond donors (Lipinski definition) is 0. The third-order valence-corrected chi connectivity index (χ3v) is 7.23. The van der Waals surface area contributed by atoms with Gasteiger partial charge in [0.25, 0.3) is 0 Å². The quantitative estimate of drug-likeness (QED) is 0.381. The molecule has 0 radical (unpaired) electrons. The van der Waals surface area contributed by atoms with E-state index in [1.807, 2.05) is 76.2 Å². The highest BCUT2D eigenvalue weighted by atomic mass is 32.2. The molecular formula is C27H33NO5S. The molecule has 34 heavy (non-hydrogen) atoms. The Bertz CT molecular complexity index is 1130. The van der Waals surface area contributed by atoms with Gasteiger partial charge < -0.3 is 14.2 Å². The van der Waals surface area contributed by atoms with Gasteiger partial charge >= 0.3 is 0 Å². The van der Waals surface area contributed by atoms with E-state index < -0.39 is 10.0 Å². The molecule has 0 spiro atoms. The Balaban J connectivity index is 2.00. The number of aryl methyl sites for hydroxylation is 2. The number of nitrogens with zero attached hydrogens (tertiary/aromatic N) is 1. The lowest BCUT2D eigenvalue weighted by Crippen LogP contribution is -2.30. The number of rotatable bonds is 10. The topological polar surface area (TPSA) is 65.1 Å². The van der Waals surface area contributed by atoms with Crippen LogP contribution in [0.15, 0.2) is 65.6 Å². The molecule has 7 heteroatoms. The molecule has 0 N–H and O–H groups in total. The lowest BCUT2D eigenvalue weighted by Gasteiger charge is -2.24. The molecule has 0 aromatic heterocycles. The fourth-order valence-corrected chi connectivity index (χ4v) is 5.31. The molecule has 0 saturated carbocycles. The van der Waals surface area contributed by atoms with Crippen LogP contribution in [0, 0.1) is 13.8 Å². The van der Waals surface area contributed by atoms with Crippen molar-refractivity contribution in [1.29, 1.82) is 0 Å². The number of hydrogen-bond acceptors (Lipinski definition) is 5. The first kappa shape index (κ1) is 25.6. The van der Waals surface area contributed by atoms with Crippen LogP contribution in [0.25, 0.3) is 0 Å². The monoisotopic (exact) mass is 483 g/mol. The maximum absolute atomic E-state index is 13.9. The fourth-order valence-electron chi connectivity index (χ4n) is 3.73. The Labute approximate surface area is 203 Å². The van der Waals surface area contributed by atoms with Crippen molar-refractivity contribution in [2.45, 2.75) is 51.8 Å². The normalized spacial score (nSPS) is 11.6. The second-order valence-electron chi connectivity index (χ2n) is 8.52. The van der Waals surface area contributed by atoms with Crippen LogP contribution in [-0.4, -0.2) is 33.0 Å². The molecule has 3 rings (SSSR count). The van der Waals surface area contributed by atoms with Gasteiger partial charge in [-0.1, -0.05) is 24.3 Å². The van der Waals surface area contributed by atoms with Gasteiger partial charge in [0.2, 0.25) is 10.0 Å². The molecule has 0 fully saturated rings. The van der Waals surface area contributed by atoms with Gasteiger partial charge in [-0.05, 0) is 86.3 Å². The predicted molar refractivity (Wildman–Crippen MR) is 134 cm³/mol. The van der Waals surface area contributed by atoms with Crippen LogP contribution in [0.3, 0.4) is 0 Å². The number of sulfonamides is 1. The van der Waals surface area contributed by atoms with Crippen molar-refractivity contribution in [3.8, 4) is 17.2 Å². The molecule has 0 bridgehead atoms. The van der Waals surface area contributed by atoms with Gasteiger partial charge in [-0.2, -0.15) is 4.31 Å². The lowest BCUT2D eigenvalue weighted by atomic mass is 10.1. The molecule has 0 atom stereocenters. The Morgan fingerprint density at radius 1 is 0.765 bits per heavy atom. The van der Waals surface area contributed by atoms with Crippen LogP contribution >= 0.6 is 0 Å². The standard InChI is InChI=1S/C27H33NO5S/c1-19(2)33-27-20(3)15-26(16-21(27)4)34(29,30)28(17-22-7-11-24(31-5)12-8-22)18-23-9-13-25(32-6)14-10-23/h7-16,19H,17-18H2,1-6H3. The molecule has 0 heterocycles. The average molecular weight is 484 g/mol. The first-order valence-electron chi connectivity index (χ1n) is 11.2. The molecule has 3 aromatic carbocycles. The number of ether oxygens (including phenoxy) is 3. The van der Waals surface area contributed by atoms with Gasteiger partial charge in [0.05, 0.1) is 25.2 Å². The zero-order valence-corrected chi connectivity index (χ0v) is 21.5. The van der Waals surface area contributed by atoms with Crippen molar-refractivity contribution in [2.24, 2.45) is 0 Å². The van der Waals surface area contributed by atoms with Crippen molar-refractivity contribution in [3.05, 3.63) is 82.9 Å². The van der Waals surface area contributed by atoms with Gasteiger partial charge in [-0.15, -0.1) is 0 Å². The van der Waals surface area contributed by atoms with Crippen molar-refractivity contribution < 1.29 is 22.6 Å². The van der Waals surface area contributed by atoms with Crippen LogP contribution in [0.2, 0.25) is 0 Å². The van der Waals surface area contributed by atoms with Gasteiger partial charge in [0.1, 0.15) is 17.2 Å². The van der Waals surface area contributed by atoms with Gasteiger partial charge in [0, 0.05) is 13.1 Å². The predicted octanol–water partition coefficient (Wildman–Crippen LogP) is 5.50. The molecule has 0 aliphatic carbocycles. The highest BCUT2D eigenvalue weighted by molar-refractivity contribution is 7.89. The lowest BCUT2D eigenvalue weighted by molar-refractivity contribution is 0.239. The molecule has 0 amide bonds. The van der Waals surface area contributed by atoms with Crippen LogP contribution in [0.5, 0.6) is 17.2 Å². The summed E-state index contributed by atoms with van der Waals surface area (Å²) < 4.78 is 45.6. The number of benzene rings is 3. The maximum atomic E-state index is 13.9. The Morgan fingerprint density at radius 3 is 1.53 bits per heavy atom. The zero-order chi connectivity index (χ0) is 24.9. The molecular weight excluding hydrogens is 450 g/mol.